The molecule has 1 rings (SSSR count). The van der Waals surface area contributed by atoms with Crippen LogP contribution in [0.3, 0.4) is 0 Å². The van der Waals surface area contributed by atoms with E-state index in [2.05, 4.69) is 0 Å². The predicted molar refractivity (Wildman–Crippen MR) is 54.3 cm³/mol. The fraction of sp³-hybridized carbons (Fsp3) is 0.300. The van der Waals surface area contributed by atoms with Crippen molar-refractivity contribution in [3.63, 3.8) is 0 Å². The van der Waals surface area contributed by atoms with Gasteiger partial charge in [0.25, 0.3) is 0 Å². The van der Waals surface area contributed by atoms with E-state index in [4.69, 9.17) is 4.74 Å². The van der Waals surface area contributed by atoms with E-state index in [9.17, 15) is 9.90 Å². The van der Waals surface area contributed by atoms with Gasteiger partial charge in [0.05, 0.1) is 12.6 Å². The SMILES string of the molecule is O=C([O-])CSCCOc1ccccc1. The Morgan fingerprint density at radius 1 is 1.36 bits per heavy atom. The highest BCUT2D eigenvalue weighted by Crippen LogP contribution is 2.08. The molecule has 0 aromatic heterocycles. The first-order chi connectivity index (χ1) is 6.79. The standard InChI is InChI=1S/C10H12O3S/c11-10(12)8-14-7-6-13-9-4-2-1-3-5-9/h1-5H,6-8H2,(H,11,12)/p-1. The number of carbonyl (C=O) groups excluding carboxylic acids is 1. The summed E-state index contributed by atoms with van der Waals surface area (Å²) in [7, 11) is 0. The third kappa shape index (κ3) is 4.77. The minimum Gasteiger partial charge on any atom is -0.549 e. The zero-order valence-corrected chi connectivity index (χ0v) is 8.46. The van der Waals surface area contributed by atoms with Crippen molar-refractivity contribution >= 4 is 17.7 Å². The third-order valence-electron chi connectivity index (χ3n) is 1.46. The Kier molecular flexibility index (Phi) is 4.93. The molecule has 3 nitrogen and oxygen atoms in total. The number of para-hydroxylation sites is 1. The molecule has 0 aliphatic heterocycles. The zero-order valence-electron chi connectivity index (χ0n) is 7.64. The molecule has 0 aliphatic rings. The molecular formula is C10H11O3S-. The van der Waals surface area contributed by atoms with Crippen LogP contribution < -0.4 is 9.84 Å². The molecule has 1 aromatic carbocycles. The molecule has 0 radical (unpaired) electrons. The van der Waals surface area contributed by atoms with Crippen LogP contribution in [0.1, 0.15) is 0 Å². The first-order valence-electron chi connectivity index (χ1n) is 4.24. The Morgan fingerprint density at radius 2 is 2.07 bits per heavy atom. The lowest BCUT2D eigenvalue weighted by Gasteiger charge is -2.05. The van der Waals surface area contributed by atoms with E-state index in [1.54, 1.807) is 0 Å². The average molecular weight is 211 g/mol. The lowest BCUT2D eigenvalue weighted by Crippen LogP contribution is -2.24. The Balaban J connectivity index is 2.08. The van der Waals surface area contributed by atoms with Crippen molar-refractivity contribution in [2.45, 2.75) is 0 Å². The number of aliphatic carboxylic acids is 1. The summed E-state index contributed by atoms with van der Waals surface area (Å²) < 4.78 is 5.35. The van der Waals surface area contributed by atoms with Gasteiger partial charge in [0.1, 0.15) is 5.75 Å². The van der Waals surface area contributed by atoms with E-state index in [-0.39, 0.29) is 5.75 Å². The molecule has 4 heteroatoms. The summed E-state index contributed by atoms with van der Waals surface area (Å²) in [5.41, 5.74) is 0. The number of hydrogen-bond acceptors (Lipinski definition) is 4. The molecule has 0 N–H and O–H groups in total. The van der Waals surface area contributed by atoms with E-state index >= 15 is 0 Å². The van der Waals surface area contributed by atoms with Crippen LogP contribution in [0.25, 0.3) is 0 Å². The highest BCUT2D eigenvalue weighted by Gasteiger charge is 1.92. The first-order valence-corrected chi connectivity index (χ1v) is 5.40. The fourth-order valence-corrected chi connectivity index (χ4v) is 1.40. The molecule has 0 atom stereocenters. The Hall–Kier alpha value is -1.16. The second-order valence-corrected chi connectivity index (χ2v) is 3.69. The van der Waals surface area contributed by atoms with Gasteiger partial charge in [-0.15, -0.1) is 0 Å². The topological polar surface area (TPSA) is 49.4 Å². The summed E-state index contributed by atoms with van der Waals surface area (Å²) in [6.45, 7) is 0.516. The molecule has 76 valence electrons. The zero-order chi connectivity index (χ0) is 10.2. The Morgan fingerprint density at radius 3 is 2.71 bits per heavy atom. The summed E-state index contributed by atoms with van der Waals surface area (Å²) in [6.07, 6.45) is 0. The molecule has 1 aromatic rings. The highest BCUT2D eigenvalue weighted by atomic mass is 32.2. The van der Waals surface area contributed by atoms with Gasteiger partial charge in [-0.2, -0.15) is 11.8 Å². The van der Waals surface area contributed by atoms with Crippen molar-refractivity contribution in [2.75, 3.05) is 18.1 Å². The number of hydrogen-bond donors (Lipinski definition) is 0. The van der Waals surface area contributed by atoms with E-state index in [1.807, 2.05) is 30.3 Å². The number of ether oxygens (including phenoxy) is 1. The number of carboxylic acid groups (broad SMARTS) is 1. The quantitative estimate of drug-likeness (QED) is 0.645. The van der Waals surface area contributed by atoms with Crippen LogP contribution in [-0.2, 0) is 4.79 Å². The van der Waals surface area contributed by atoms with E-state index in [0.717, 1.165) is 5.75 Å². The lowest BCUT2D eigenvalue weighted by atomic mass is 10.3. The van der Waals surface area contributed by atoms with Crippen LogP contribution >= 0.6 is 11.8 Å². The maximum Gasteiger partial charge on any atom is 0.119 e. The summed E-state index contributed by atoms with van der Waals surface area (Å²) in [5, 5.41) is 10.1. The second-order valence-electron chi connectivity index (χ2n) is 2.59. The predicted octanol–water partition coefficient (Wildman–Crippen LogP) is 0.548. The van der Waals surface area contributed by atoms with Crippen molar-refractivity contribution in [1.82, 2.24) is 0 Å². The fourth-order valence-electron chi connectivity index (χ4n) is 0.891. The van der Waals surface area contributed by atoms with Gasteiger partial charge in [-0.3, -0.25) is 0 Å². The number of carbonyl (C=O) groups is 1. The molecule has 0 spiro atoms. The minimum absolute atomic E-state index is 0.0259. The van der Waals surface area contributed by atoms with Gasteiger partial charge >= 0.3 is 0 Å². The first kappa shape index (κ1) is 10.9. The average Bonchev–Trinajstić information content (AvgIpc) is 2.18. The van der Waals surface area contributed by atoms with Crippen LogP contribution in [0.4, 0.5) is 0 Å². The van der Waals surface area contributed by atoms with Crippen LogP contribution in [0.15, 0.2) is 30.3 Å². The number of rotatable bonds is 6. The van der Waals surface area contributed by atoms with Crippen molar-refractivity contribution in [2.24, 2.45) is 0 Å². The van der Waals surface area contributed by atoms with E-state index in [1.165, 1.54) is 11.8 Å². The number of benzene rings is 1. The van der Waals surface area contributed by atoms with Gasteiger partial charge in [-0.1, -0.05) is 18.2 Å². The molecule has 0 aliphatic carbocycles. The normalized spacial score (nSPS) is 9.71. The van der Waals surface area contributed by atoms with Crippen LogP contribution in [-0.4, -0.2) is 24.1 Å². The second kappa shape index (κ2) is 6.32. The minimum atomic E-state index is -1.03. The Bertz CT molecular complexity index is 274. The molecule has 14 heavy (non-hydrogen) atoms. The molecule has 0 unspecified atom stereocenters. The smallest absolute Gasteiger partial charge is 0.119 e. The van der Waals surface area contributed by atoms with Gasteiger partial charge in [-0.05, 0) is 12.1 Å². The summed E-state index contributed by atoms with van der Waals surface area (Å²) >= 11 is 1.29. The summed E-state index contributed by atoms with van der Waals surface area (Å²) in [4.78, 5) is 10.1. The van der Waals surface area contributed by atoms with Gasteiger partial charge in [-0.25, -0.2) is 0 Å². The van der Waals surface area contributed by atoms with Crippen molar-refractivity contribution in [3.8, 4) is 5.75 Å². The number of carboxylic acids is 1. The third-order valence-corrected chi connectivity index (χ3v) is 2.35. The Labute approximate surface area is 87.1 Å². The van der Waals surface area contributed by atoms with Gasteiger partial charge in [0, 0.05) is 11.5 Å². The van der Waals surface area contributed by atoms with Crippen molar-refractivity contribution < 1.29 is 14.6 Å². The molecule has 0 heterocycles. The van der Waals surface area contributed by atoms with E-state index < -0.39 is 5.97 Å². The van der Waals surface area contributed by atoms with Crippen molar-refractivity contribution in [3.05, 3.63) is 30.3 Å². The lowest BCUT2D eigenvalue weighted by molar-refractivity contribution is -0.301. The maximum absolute atomic E-state index is 10.1. The van der Waals surface area contributed by atoms with Crippen LogP contribution in [0.5, 0.6) is 5.75 Å². The number of thioether (sulfide) groups is 1. The van der Waals surface area contributed by atoms with E-state index in [0.29, 0.717) is 12.4 Å². The monoisotopic (exact) mass is 211 g/mol. The maximum atomic E-state index is 10.1. The van der Waals surface area contributed by atoms with Crippen LogP contribution in [0, 0.1) is 0 Å². The largest absolute Gasteiger partial charge is 0.549 e. The molecule has 0 bridgehead atoms. The van der Waals surface area contributed by atoms with Gasteiger partial charge in [0.2, 0.25) is 0 Å². The van der Waals surface area contributed by atoms with Crippen molar-refractivity contribution in [1.29, 1.82) is 0 Å². The summed E-state index contributed by atoms with van der Waals surface area (Å²) in [6, 6.07) is 9.43. The highest BCUT2D eigenvalue weighted by molar-refractivity contribution is 7.99. The molecule has 0 saturated carbocycles. The molecule has 0 fully saturated rings. The van der Waals surface area contributed by atoms with Crippen LogP contribution in [0.2, 0.25) is 0 Å². The van der Waals surface area contributed by atoms with Gasteiger partial charge < -0.3 is 14.6 Å². The molecular weight excluding hydrogens is 200 g/mol. The summed E-state index contributed by atoms with van der Waals surface area (Å²) in [5.74, 6) is 0.456. The van der Waals surface area contributed by atoms with Gasteiger partial charge in [0.15, 0.2) is 0 Å². The molecule has 0 saturated heterocycles. The molecule has 0 amide bonds.